The molecule has 0 aromatic heterocycles. The van der Waals surface area contributed by atoms with E-state index in [9.17, 15) is 9.59 Å². The third-order valence-electron chi connectivity index (χ3n) is 4.63. The molecule has 3 aromatic carbocycles. The smallest absolute Gasteiger partial charge is 0.251 e. The molecule has 144 valence electrons. The summed E-state index contributed by atoms with van der Waals surface area (Å²) in [6.07, 6.45) is 0.873. The topological polar surface area (TPSA) is 70.2 Å². The molecule has 5 nitrogen and oxygen atoms in total. The van der Waals surface area contributed by atoms with E-state index in [2.05, 4.69) is 16.0 Å². The van der Waals surface area contributed by atoms with Crippen molar-refractivity contribution in [3.63, 3.8) is 0 Å². The highest BCUT2D eigenvalue weighted by molar-refractivity contribution is 6.03. The summed E-state index contributed by atoms with van der Waals surface area (Å²) in [5.41, 5.74) is 2.08. The third-order valence-corrected chi connectivity index (χ3v) is 4.63. The van der Waals surface area contributed by atoms with Gasteiger partial charge in [-0.2, -0.15) is 0 Å². The Bertz CT molecular complexity index is 979. The van der Waals surface area contributed by atoms with Crippen molar-refractivity contribution in [1.82, 2.24) is 5.32 Å². The van der Waals surface area contributed by atoms with E-state index in [4.69, 9.17) is 0 Å². The minimum atomic E-state index is -0.147. The van der Waals surface area contributed by atoms with Crippen LogP contribution in [0.4, 0.5) is 11.4 Å². The number of anilines is 2. The Morgan fingerprint density at radius 3 is 2.54 bits per heavy atom. The number of amides is 2. The Balaban J connectivity index is 1.61. The summed E-state index contributed by atoms with van der Waals surface area (Å²) in [4.78, 5) is 24.6. The number of carbonyl (C=O) groups excluding carboxylic acids is 2. The fourth-order valence-electron chi connectivity index (χ4n) is 2.89. The lowest BCUT2D eigenvalue weighted by atomic mass is 10.1. The van der Waals surface area contributed by atoms with Crippen molar-refractivity contribution in [3.05, 3.63) is 72.3 Å². The van der Waals surface area contributed by atoms with Gasteiger partial charge in [0.25, 0.3) is 5.91 Å². The lowest BCUT2D eigenvalue weighted by Crippen LogP contribution is -2.31. The number of benzene rings is 3. The van der Waals surface area contributed by atoms with E-state index >= 15 is 0 Å². The van der Waals surface area contributed by atoms with E-state index in [1.807, 2.05) is 62.4 Å². The highest BCUT2D eigenvalue weighted by Gasteiger charge is 2.10. The van der Waals surface area contributed by atoms with Crippen molar-refractivity contribution in [2.75, 3.05) is 17.2 Å². The summed E-state index contributed by atoms with van der Waals surface area (Å²) in [6, 6.07) is 21.0. The van der Waals surface area contributed by atoms with Gasteiger partial charge in [0.2, 0.25) is 5.91 Å². The molecule has 0 spiro atoms. The Kier molecular flexibility index (Phi) is 6.27. The lowest BCUT2D eigenvalue weighted by molar-refractivity contribution is -0.114. The first-order chi connectivity index (χ1) is 13.6. The first-order valence-corrected chi connectivity index (χ1v) is 9.49. The SMILES string of the molecule is CCC(C)NC(=O)c1cccc(NCC(=O)Nc2cccc3ccccc23)c1. The number of rotatable bonds is 7. The molecule has 0 aliphatic carbocycles. The summed E-state index contributed by atoms with van der Waals surface area (Å²) in [5.74, 6) is -0.260. The largest absolute Gasteiger partial charge is 0.376 e. The fraction of sp³-hybridized carbons (Fsp3) is 0.217. The molecular formula is C23H25N3O2. The normalized spacial score (nSPS) is 11.6. The van der Waals surface area contributed by atoms with Crippen LogP contribution in [0, 0.1) is 0 Å². The standard InChI is InChI=1S/C23H25N3O2/c1-3-16(2)25-23(28)18-10-6-11-19(14-18)24-15-22(27)26-21-13-7-9-17-8-4-5-12-20(17)21/h4-14,16,24H,3,15H2,1-2H3,(H,25,28)(H,26,27). The Labute approximate surface area is 165 Å². The number of hydrogen-bond donors (Lipinski definition) is 3. The number of carbonyl (C=O) groups is 2. The zero-order valence-electron chi connectivity index (χ0n) is 16.2. The molecular weight excluding hydrogens is 350 g/mol. The minimum absolute atomic E-state index is 0.111. The highest BCUT2D eigenvalue weighted by atomic mass is 16.2. The van der Waals surface area contributed by atoms with Gasteiger partial charge in [-0.25, -0.2) is 0 Å². The quantitative estimate of drug-likeness (QED) is 0.572. The van der Waals surface area contributed by atoms with Crippen molar-refractivity contribution in [3.8, 4) is 0 Å². The Hall–Kier alpha value is -3.34. The zero-order chi connectivity index (χ0) is 19.9. The van der Waals surface area contributed by atoms with Crippen LogP contribution < -0.4 is 16.0 Å². The predicted octanol–water partition coefficient (Wildman–Crippen LogP) is 4.42. The molecule has 2 amide bonds. The number of nitrogens with one attached hydrogen (secondary N) is 3. The van der Waals surface area contributed by atoms with Gasteiger partial charge >= 0.3 is 0 Å². The third kappa shape index (κ3) is 4.88. The maximum absolute atomic E-state index is 12.4. The van der Waals surface area contributed by atoms with Crippen molar-refractivity contribution < 1.29 is 9.59 Å². The van der Waals surface area contributed by atoms with Gasteiger partial charge in [0.15, 0.2) is 0 Å². The van der Waals surface area contributed by atoms with Crippen molar-refractivity contribution in [1.29, 1.82) is 0 Å². The molecule has 0 bridgehead atoms. The molecule has 3 aromatic rings. The van der Waals surface area contributed by atoms with E-state index in [-0.39, 0.29) is 24.4 Å². The van der Waals surface area contributed by atoms with E-state index < -0.39 is 0 Å². The maximum Gasteiger partial charge on any atom is 0.251 e. The van der Waals surface area contributed by atoms with Gasteiger partial charge in [0.1, 0.15) is 0 Å². The van der Waals surface area contributed by atoms with Gasteiger partial charge < -0.3 is 16.0 Å². The van der Waals surface area contributed by atoms with Crippen LogP contribution in [0.15, 0.2) is 66.7 Å². The molecule has 1 unspecified atom stereocenters. The van der Waals surface area contributed by atoms with Crippen LogP contribution in [0.25, 0.3) is 10.8 Å². The fourth-order valence-corrected chi connectivity index (χ4v) is 2.89. The molecule has 3 rings (SSSR count). The van der Waals surface area contributed by atoms with Crippen molar-refractivity contribution in [2.24, 2.45) is 0 Å². The van der Waals surface area contributed by atoms with Gasteiger partial charge in [-0.3, -0.25) is 9.59 Å². The van der Waals surface area contributed by atoms with Crippen LogP contribution in [0.2, 0.25) is 0 Å². The van der Waals surface area contributed by atoms with Crippen LogP contribution in [-0.4, -0.2) is 24.4 Å². The van der Waals surface area contributed by atoms with Gasteiger partial charge in [0.05, 0.1) is 6.54 Å². The monoisotopic (exact) mass is 375 g/mol. The molecule has 3 N–H and O–H groups in total. The van der Waals surface area contributed by atoms with E-state index in [1.54, 1.807) is 18.2 Å². The second-order valence-electron chi connectivity index (χ2n) is 6.79. The average molecular weight is 375 g/mol. The summed E-state index contributed by atoms with van der Waals surface area (Å²) >= 11 is 0. The zero-order valence-corrected chi connectivity index (χ0v) is 16.2. The lowest BCUT2D eigenvalue weighted by Gasteiger charge is -2.13. The minimum Gasteiger partial charge on any atom is -0.376 e. The molecule has 1 atom stereocenters. The molecule has 0 heterocycles. The molecule has 28 heavy (non-hydrogen) atoms. The van der Waals surface area contributed by atoms with Crippen LogP contribution in [-0.2, 0) is 4.79 Å². The van der Waals surface area contributed by atoms with Crippen LogP contribution in [0.1, 0.15) is 30.6 Å². The second-order valence-corrected chi connectivity index (χ2v) is 6.79. The van der Waals surface area contributed by atoms with E-state index in [1.165, 1.54) is 0 Å². The van der Waals surface area contributed by atoms with E-state index in [0.29, 0.717) is 5.56 Å². The molecule has 0 radical (unpaired) electrons. The summed E-state index contributed by atoms with van der Waals surface area (Å²) in [5, 5.41) is 11.0. The first-order valence-electron chi connectivity index (χ1n) is 9.49. The summed E-state index contributed by atoms with van der Waals surface area (Å²) < 4.78 is 0. The second kappa shape index (κ2) is 9.04. The Morgan fingerprint density at radius 1 is 0.964 bits per heavy atom. The molecule has 0 aliphatic heterocycles. The number of fused-ring (bicyclic) bond motifs is 1. The van der Waals surface area contributed by atoms with Gasteiger partial charge in [0, 0.05) is 28.4 Å². The van der Waals surface area contributed by atoms with Gasteiger partial charge in [-0.1, -0.05) is 49.4 Å². The van der Waals surface area contributed by atoms with Crippen molar-refractivity contribution in [2.45, 2.75) is 26.3 Å². The highest BCUT2D eigenvalue weighted by Crippen LogP contribution is 2.22. The summed E-state index contributed by atoms with van der Waals surface area (Å²) in [7, 11) is 0. The van der Waals surface area contributed by atoms with Crippen LogP contribution >= 0.6 is 0 Å². The molecule has 0 saturated heterocycles. The predicted molar refractivity (Wildman–Crippen MR) is 115 cm³/mol. The molecule has 0 fully saturated rings. The molecule has 0 saturated carbocycles. The van der Waals surface area contributed by atoms with Gasteiger partial charge in [-0.15, -0.1) is 0 Å². The first kappa shape index (κ1) is 19.4. The maximum atomic E-state index is 12.4. The van der Waals surface area contributed by atoms with Crippen LogP contribution in [0.3, 0.4) is 0 Å². The van der Waals surface area contributed by atoms with Gasteiger partial charge in [-0.05, 0) is 43.0 Å². The summed E-state index contributed by atoms with van der Waals surface area (Å²) in [6.45, 7) is 4.11. The number of hydrogen-bond acceptors (Lipinski definition) is 3. The Morgan fingerprint density at radius 2 is 1.71 bits per heavy atom. The van der Waals surface area contributed by atoms with E-state index in [0.717, 1.165) is 28.6 Å². The van der Waals surface area contributed by atoms with Crippen molar-refractivity contribution >= 4 is 34.0 Å². The molecule has 0 aliphatic rings. The molecule has 5 heteroatoms. The average Bonchev–Trinajstić information content (AvgIpc) is 2.72. The van der Waals surface area contributed by atoms with Crippen LogP contribution in [0.5, 0.6) is 0 Å².